The lowest BCUT2D eigenvalue weighted by Gasteiger charge is -2.51. The highest BCUT2D eigenvalue weighted by Crippen LogP contribution is 2.45. The van der Waals surface area contributed by atoms with Gasteiger partial charge in [-0.2, -0.15) is 11.3 Å². The number of benzene rings is 1. The smallest absolute Gasteiger partial charge is 0.254 e. The van der Waals surface area contributed by atoms with Crippen LogP contribution in [0.4, 0.5) is 0 Å². The molecule has 27 heavy (non-hydrogen) atoms. The van der Waals surface area contributed by atoms with E-state index in [-0.39, 0.29) is 17.2 Å². The fourth-order valence-corrected chi connectivity index (χ4v) is 5.06. The van der Waals surface area contributed by atoms with E-state index in [1.54, 1.807) is 11.3 Å². The molecular weight excluding hydrogens is 358 g/mol. The second-order valence-corrected chi connectivity index (χ2v) is 8.83. The Bertz CT molecular complexity index is 813. The molecule has 0 aliphatic carbocycles. The lowest BCUT2D eigenvalue weighted by molar-refractivity contribution is -0.0147. The van der Waals surface area contributed by atoms with Crippen molar-refractivity contribution in [1.29, 1.82) is 0 Å². The predicted octanol–water partition coefficient (Wildman–Crippen LogP) is 2.52. The summed E-state index contributed by atoms with van der Waals surface area (Å²) >= 11 is 1.55. The summed E-state index contributed by atoms with van der Waals surface area (Å²) in [6, 6.07) is 11.4. The maximum absolute atomic E-state index is 12.9. The fraction of sp³-hybridized carbons (Fsp3) is 0.429. The number of hydrogen-bond donors (Lipinski definition) is 0. The largest absolute Gasteiger partial charge is 0.338 e. The first kappa shape index (κ1) is 18.2. The Morgan fingerprint density at radius 3 is 2.33 bits per heavy atom. The molecule has 6 heteroatoms. The van der Waals surface area contributed by atoms with Crippen molar-refractivity contribution in [3.63, 3.8) is 0 Å². The minimum Gasteiger partial charge on any atom is -0.338 e. The number of nitrogens with zero attached hydrogens (tertiary/aromatic N) is 3. The van der Waals surface area contributed by atoms with Crippen molar-refractivity contribution in [3.05, 3.63) is 58.3 Å². The van der Waals surface area contributed by atoms with Crippen LogP contribution in [0.2, 0.25) is 0 Å². The van der Waals surface area contributed by atoms with Crippen LogP contribution in [0.1, 0.15) is 20.7 Å². The predicted molar refractivity (Wildman–Crippen MR) is 107 cm³/mol. The molecule has 2 saturated heterocycles. The highest BCUT2D eigenvalue weighted by atomic mass is 32.1. The Kier molecular flexibility index (Phi) is 4.78. The number of rotatable bonds is 4. The molecule has 3 heterocycles. The van der Waals surface area contributed by atoms with Crippen molar-refractivity contribution in [1.82, 2.24) is 14.7 Å². The van der Waals surface area contributed by atoms with E-state index in [1.165, 1.54) is 0 Å². The second-order valence-electron chi connectivity index (χ2n) is 8.05. The summed E-state index contributed by atoms with van der Waals surface area (Å²) in [6.45, 7) is 3.88. The standard InChI is InChI=1S/C21H25N3O2S/c1-22(2)10-18-11-23(19(25)16-6-4-3-5-7-16)13-21(18)14-24(15-21)20(26)17-8-9-27-12-17/h3-9,12,18H,10-11,13-15H2,1-2H3. The van der Waals surface area contributed by atoms with Gasteiger partial charge in [0.05, 0.1) is 5.56 Å². The summed E-state index contributed by atoms with van der Waals surface area (Å²) in [7, 11) is 4.14. The van der Waals surface area contributed by atoms with Gasteiger partial charge in [-0.25, -0.2) is 0 Å². The first-order chi connectivity index (χ1) is 13.0. The van der Waals surface area contributed by atoms with Crippen LogP contribution in [-0.4, -0.2) is 73.3 Å². The SMILES string of the molecule is CN(C)CC1CN(C(=O)c2ccccc2)CC12CN(C(=O)c1ccsc1)C2. The molecule has 1 atom stereocenters. The van der Waals surface area contributed by atoms with Crippen molar-refractivity contribution in [3.8, 4) is 0 Å². The average Bonchev–Trinajstić information content (AvgIpc) is 3.28. The first-order valence-electron chi connectivity index (χ1n) is 9.29. The highest BCUT2D eigenvalue weighted by Gasteiger charge is 2.56. The van der Waals surface area contributed by atoms with Crippen molar-refractivity contribution in [2.24, 2.45) is 11.3 Å². The Balaban J connectivity index is 1.49. The Labute approximate surface area is 164 Å². The molecule has 4 rings (SSSR count). The van der Waals surface area contributed by atoms with Crippen LogP contribution >= 0.6 is 11.3 Å². The van der Waals surface area contributed by atoms with Gasteiger partial charge in [0, 0.05) is 49.1 Å². The van der Waals surface area contributed by atoms with E-state index in [2.05, 4.69) is 19.0 Å². The highest BCUT2D eigenvalue weighted by molar-refractivity contribution is 7.08. The van der Waals surface area contributed by atoms with Crippen LogP contribution in [0.25, 0.3) is 0 Å². The van der Waals surface area contributed by atoms with E-state index in [4.69, 9.17) is 0 Å². The molecule has 142 valence electrons. The molecule has 2 aliphatic rings. The lowest BCUT2D eigenvalue weighted by Crippen LogP contribution is -2.63. The van der Waals surface area contributed by atoms with Gasteiger partial charge in [0.15, 0.2) is 0 Å². The van der Waals surface area contributed by atoms with Crippen LogP contribution in [0.15, 0.2) is 47.2 Å². The molecule has 1 spiro atoms. The molecule has 2 amide bonds. The number of carbonyl (C=O) groups is 2. The van der Waals surface area contributed by atoms with Crippen LogP contribution in [0.3, 0.4) is 0 Å². The van der Waals surface area contributed by atoms with E-state index in [9.17, 15) is 9.59 Å². The summed E-state index contributed by atoms with van der Waals surface area (Å²) in [5, 5.41) is 3.85. The van der Waals surface area contributed by atoms with E-state index < -0.39 is 0 Å². The minimum absolute atomic E-state index is 0.0143. The third-order valence-electron chi connectivity index (χ3n) is 5.77. The van der Waals surface area contributed by atoms with Crippen molar-refractivity contribution >= 4 is 23.2 Å². The lowest BCUT2D eigenvalue weighted by atomic mass is 9.71. The monoisotopic (exact) mass is 383 g/mol. The quantitative estimate of drug-likeness (QED) is 0.815. The Morgan fingerprint density at radius 2 is 1.70 bits per heavy atom. The summed E-state index contributed by atoms with van der Waals surface area (Å²) in [5.74, 6) is 0.587. The fourth-order valence-electron chi connectivity index (χ4n) is 4.43. The zero-order valence-corrected chi connectivity index (χ0v) is 16.6. The minimum atomic E-state index is 0.0143. The number of carbonyl (C=O) groups excluding carboxylic acids is 2. The molecule has 1 aromatic carbocycles. The molecular formula is C21H25N3O2S. The number of amides is 2. The maximum atomic E-state index is 12.9. The Hall–Kier alpha value is -2.18. The van der Waals surface area contributed by atoms with Gasteiger partial charge in [0.1, 0.15) is 0 Å². The first-order valence-corrected chi connectivity index (χ1v) is 10.2. The van der Waals surface area contributed by atoms with Crippen molar-refractivity contribution in [2.45, 2.75) is 0 Å². The number of thiophene rings is 1. The van der Waals surface area contributed by atoms with Gasteiger partial charge in [-0.15, -0.1) is 0 Å². The third kappa shape index (κ3) is 3.39. The van der Waals surface area contributed by atoms with Crippen LogP contribution in [0, 0.1) is 11.3 Å². The molecule has 0 saturated carbocycles. The number of hydrogen-bond acceptors (Lipinski definition) is 4. The molecule has 1 aromatic heterocycles. The molecule has 2 aromatic rings. The van der Waals surface area contributed by atoms with E-state index in [1.807, 2.05) is 57.0 Å². The van der Waals surface area contributed by atoms with E-state index in [0.717, 1.165) is 43.9 Å². The molecule has 0 bridgehead atoms. The topological polar surface area (TPSA) is 43.9 Å². The van der Waals surface area contributed by atoms with E-state index >= 15 is 0 Å². The summed E-state index contributed by atoms with van der Waals surface area (Å²) in [5.41, 5.74) is 1.53. The third-order valence-corrected chi connectivity index (χ3v) is 6.46. The van der Waals surface area contributed by atoms with Gasteiger partial charge >= 0.3 is 0 Å². The Morgan fingerprint density at radius 1 is 1.04 bits per heavy atom. The van der Waals surface area contributed by atoms with Crippen molar-refractivity contribution < 1.29 is 9.59 Å². The average molecular weight is 384 g/mol. The van der Waals surface area contributed by atoms with Gasteiger partial charge in [0.2, 0.25) is 0 Å². The normalized spacial score (nSPS) is 20.9. The van der Waals surface area contributed by atoms with Crippen LogP contribution < -0.4 is 0 Å². The van der Waals surface area contributed by atoms with Crippen LogP contribution in [-0.2, 0) is 0 Å². The number of likely N-dealkylation sites (tertiary alicyclic amines) is 2. The molecule has 0 radical (unpaired) electrons. The van der Waals surface area contributed by atoms with Gasteiger partial charge in [-0.05, 0) is 43.6 Å². The summed E-state index contributed by atoms with van der Waals surface area (Å²) in [4.78, 5) is 31.7. The maximum Gasteiger partial charge on any atom is 0.254 e. The molecule has 0 N–H and O–H groups in total. The van der Waals surface area contributed by atoms with Gasteiger partial charge < -0.3 is 14.7 Å². The van der Waals surface area contributed by atoms with Crippen molar-refractivity contribution in [2.75, 3.05) is 46.8 Å². The molecule has 2 aliphatic heterocycles. The molecule has 5 nitrogen and oxygen atoms in total. The molecule has 1 unspecified atom stereocenters. The van der Waals surface area contributed by atoms with E-state index in [0.29, 0.717) is 5.92 Å². The van der Waals surface area contributed by atoms with Gasteiger partial charge in [-0.3, -0.25) is 9.59 Å². The zero-order chi connectivity index (χ0) is 19.0. The molecule has 2 fully saturated rings. The summed E-state index contributed by atoms with van der Waals surface area (Å²) < 4.78 is 0. The van der Waals surface area contributed by atoms with Gasteiger partial charge in [-0.1, -0.05) is 18.2 Å². The summed E-state index contributed by atoms with van der Waals surface area (Å²) in [6.07, 6.45) is 0. The van der Waals surface area contributed by atoms with Crippen LogP contribution in [0.5, 0.6) is 0 Å². The zero-order valence-electron chi connectivity index (χ0n) is 15.8. The van der Waals surface area contributed by atoms with Gasteiger partial charge in [0.25, 0.3) is 11.8 Å². The second kappa shape index (κ2) is 7.09.